The van der Waals surface area contributed by atoms with Gasteiger partial charge in [0, 0.05) is 12.4 Å². The van der Waals surface area contributed by atoms with Crippen LogP contribution in [0.5, 0.6) is 0 Å². The maximum absolute atomic E-state index is 11.8. The summed E-state index contributed by atoms with van der Waals surface area (Å²) < 4.78 is 6.39. The van der Waals surface area contributed by atoms with Crippen LogP contribution in [0.3, 0.4) is 0 Å². The summed E-state index contributed by atoms with van der Waals surface area (Å²) in [6.45, 7) is 0.284. The predicted octanol–water partition coefficient (Wildman–Crippen LogP) is 1.24. The van der Waals surface area contributed by atoms with E-state index >= 15 is 0 Å². The number of esters is 1. The number of halogens is 1. The summed E-state index contributed by atoms with van der Waals surface area (Å²) >= 11 is 3.12. The summed E-state index contributed by atoms with van der Waals surface area (Å²) in [5, 5.41) is 0. The van der Waals surface area contributed by atoms with Crippen LogP contribution in [-0.2, 0) is 11.3 Å². The molecule has 0 aliphatic carbocycles. The van der Waals surface area contributed by atoms with Gasteiger partial charge in [0.05, 0.1) is 31.2 Å². The van der Waals surface area contributed by atoms with Gasteiger partial charge >= 0.3 is 5.97 Å². The molecule has 7 heteroatoms. The van der Waals surface area contributed by atoms with Crippen molar-refractivity contribution in [1.82, 2.24) is 14.5 Å². The highest BCUT2D eigenvalue weighted by molar-refractivity contribution is 9.10. The SMILES string of the molecule is COC(=O)c1ccc(Cn2cncc(Br)c2=O)nc1. The van der Waals surface area contributed by atoms with Crippen molar-refractivity contribution in [2.75, 3.05) is 7.11 Å². The molecule has 0 aromatic carbocycles. The second-order valence-corrected chi connectivity index (χ2v) is 4.56. The Morgan fingerprint density at radius 2 is 2.21 bits per heavy atom. The molecule has 0 saturated carbocycles. The van der Waals surface area contributed by atoms with Gasteiger partial charge in [-0.3, -0.25) is 14.3 Å². The van der Waals surface area contributed by atoms with E-state index in [2.05, 4.69) is 30.6 Å². The molecule has 98 valence electrons. The molecule has 0 bridgehead atoms. The third-order valence-corrected chi connectivity index (χ3v) is 2.98. The van der Waals surface area contributed by atoms with E-state index in [1.807, 2.05) is 0 Å². The van der Waals surface area contributed by atoms with Gasteiger partial charge in [-0.05, 0) is 28.1 Å². The van der Waals surface area contributed by atoms with Crippen molar-refractivity contribution in [2.24, 2.45) is 0 Å². The molecule has 0 N–H and O–H groups in total. The fraction of sp³-hybridized carbons (Fsp3) is 0.167. The lowest BCUT2D eigenvalue weighted by atomic mass is 10.2. The average Bonchev–Trinajstić information content (AvgIpc) is 2.44. The van der Waals surface area contributed by atoms with Crippen LogP contribution in [-0.4, -0.2) is 27.6 Å². The average molecular weight is 324 g/mol. The summed E-state index contributed by atoms with van der Waals surface area (Å²) in [6.07, 6.45) is 4.28. The van der Waals surface area contributed by atoms with E-state index in [1.54, 1.807) is 12.1 Å². The van der Waals surface area contributed by atoms with Crippen molar-refractivity contribution >= 4 is 21.9 Å². The lowest BCUT2D eigenvalue weighted by Gasteiger charge is -2.05. The lowest BCUT2D eigenvalue weighted by molar-refractivity contribution is 0.0600. The standard InChI is InChI=1S/C12H10BrN3O3/c1-19-12(18)8-2-3-9(15-4-8)6-16-7-14-5-10(13)11(16)17/h2-5,7H,6H2,1H3. The van der Waals surface area contributed by atoms with E-state index in [-0.39, 0.29) is 12.1 Å². The van der Waals surface area contributed by atoms with Crippen LogP contribution in [0.15, 0.2) is 40.1 Å². The number of methoxy groups -OCH3 is 1. The number of carbonyl (C=O) groups excluding carboxylic acids is 1. The van der Waals surface area contributed by atoms with Gasteiger partial charge in [-0.2, -0.15) is 0 Å². The second kappa shape index (κ2) is 5.75. The summed E-state index contributed by atoms with van der Waals surface area (Å²) in [4.78, 5) is 31.0. The molecule has 0 fully saturated rings. The number of nitrogens with zero attached hydrogens (tertiary/aromatic N) is 3. The number of hydrogen-bond acceptors (Lipinski definition) is 5. The van der Waals surface area contributed by atoms with Crippen molar-refractivity contribution in [3.8, 4) is 0 Å². The molecule has 0 radical (unpaired) electrons. The Morgan fingerprint density at radius 1 is 1.42 bits per heavy atom. The molecular formula is C12H10BrN3O3. The van der Waals surface area contributed by atoms with E-state index < -0.39 is 5.97 Å². The highest BCUT2D eigenvalue weighted by Crippen LogP contribution is 2.04. The van der Waals surface area contributed by atoms with Crippen LogP contribution in [0.1, 0.15) is 16.1 Å². The Labute approximate surface area is 117 Å². The zero-order valence-electron chi connectivity index (χ0n) is 10.0. The van der Waals surface area contributed by atoms with E-state index in [4.69, 9.17) is 0 Å². The zero-order chi connectivity index (χ0) is 13.8. The zero-order valence-corrected chi connectivity index (χ0v) is 11.6. The first kappa shape index (κ1) is 13.4. The normalized spacial score (nSPS) is 10.2. The molecule has 2 aromatic rings. The summed E-state index contributed by atoms with van der Waals surface area (Å²) in [5.41, 5.74) is 0.828. The van der Waals surface area contributed by atoms with Gasteiger partial charge in [0.25, 0.3) is 5.56 Å². The monoisotopic (exact) mass is 323 g/mol. The Bertz CT molecular complexity index is 652. The summed E-state index contributed by atoms with van der Waals surface area (Å²) in [7, 11) is 1.31. The molecule has 0 amide bonds. The number of pyridine rings is 1. The molecule has 2 aromatic heterocycles. The van der Waals surface area contributed by atoms with E-state index in [9.17, 15) is 9.59 Å². The smallest absolute Gasteiger partial charge is 0.339 e. The van der Waals surface area contributed by atoms with Crippen LogP contribution < -0.4 is 5.56 Å². The third-order valence-electron chi connectivity index (χ3n) is 2.44. The maximum Gasteiger partial charge on any atom is 0.339 e. The maximum atomic E-state index is 11.8. The van der Waals surface area contributed by atoms with Crippen LogP contribution in [0.25, 0.3) is 0 Å². The van der Waals surface area contributed by atoms with Gasteiger partial charge in [0.1, 0.15) is 4.47 Å². The van der Waals surface area contributed by atoms with E-state index in [0.29, 0.717) is 15.7 Å². The minimum atomic E-state index is -0.444. The van der Waals surface area contributed by atoms with Crippen LogP contribution in [0.4, 0.5) is 0 Å². The third kappa shape index (κ3) is 3.05. The fourth-order valence-electron chi connectivity index (χ4n) is 1.47. The number of hydrogen-bond donors (Lipinski definition) is 0. The molecule has 0 aliphatic rings. The Morgan fingerprint density at radius 3 is 2.84 bits per heavy atom. The van der Waals surface area contributed by atoms with E-state index in [1.165, 1.54) is 30.4 Å². The van der Waals surface area contributed by atoms with Crippen LogP contribution in [0.2, 0.25) is 0 Å². The van der Waals surface area contributed by atoms with Crippen molar-refractivity contribution in [2.45, 2.75) is 6.54 Å². The number of carbonyl (C=O) groups is 1. The van der Waals surface area contributed by atoms with Gasteiger partial charge in [-0.15, -0.1) is 0 Å². The van der Waals surface area contributed by atoms with Gasteiger partial charge in [0.2, 0.25) is 0 Å². The first-order chi connectivity index (χ1) is 9.11. The van der Waals surface area contributed by atoms with Gasteiger partial charge in [-0.1, -0.05) is 0 Å². The number of aromatic nitrogens is 3. The first-order valence-electron chi connectivity index (χ1n) is 5.35. The van der Waals surface area contributed by atoms with Crippen molar-refractivity contribution in [1.29, 1.82) is 0 Å². The first-order valence-corrected chi connectivity index (χ1v) is 6.14. The van der Waals surface area contributed by atoms with Crippen molar-refractivity contribution in [3.05, 3.63) is 56.9 Å². The van der Waals surface area contributed by atoms with Gasteiger partial charge in [-0.25, -0.2) is 9.78 Å². The van der Waals surface area contributed by atoms with Gasteiger partial charge in [0.15, 0.2) is 0 Å². The lowest BCUT2D eigenvalue weighted by Crippen LogP contribution is -2.21. The quantitative estimate of drug-likeness (QED) is 0.794. The van der Waals surface area contributed by atoms with E-state index in [0.717, 1.165) is 0 Å². The largest absolute Gasteiger partial charge is 0.465 e. The molecule has 2 rings (SSSR count). The molecule has 0 spiro atoms. The molecule has 0 saturated heterocycles. The van der Waals surface area contributed by atoms with Crippen molar-refractivity contribution < 1.29 is 9.53 Å². The van der Waals surface area contributed by atoms with Gasteiger partial charge < -0.3 is 4.74 Å². The van der Waals surface area contributed by atoms with Crippen LogP contribution >= 0.6 is 15.9 Å². The number of rotatable bonds is 3. The predicted molar refractivity (Wildman–Crippen MR) is 70.9 cm³/mol. The molecule has 2 heterocycles. The highest BCUT2D eigenvalue weighted by Gasteiger charge is 2.07. The Balaban J connectivity index is 2.22. The summed E-state index contributed by atoms with van der Waals surface area (Å²) in [5.74, 6) is -0.444. The van der Waals surface area contributed by atoms with Crippen molar-refractivity contribution in [3.63, 3.8) is 0 Å². The summed E-state index contributed by atoms with van der Waals surface area (Å²) in [6, 6.07) is 3.27. The number of ether oxygens (including phenoxy) is 1. The van der Waals surface area contributed by atoms with Crippen LogP contribution in [0, 0.1) is 0 Å². The molecular weight excluding hydrogens is 314 g/mol. The fourth-order valence-corrected chi connectivity index (χ4v) is 1.81. The molecule has 6 nitrogen and oxygen atoms in total. The highest BCUT2D eigenvalue weighted by atomic mass is 79.9. The second-order valence-electron chi connectivity index (χ2n) is 3.70. The molecule has 0 atom stereocenters. The molecule has 0 unspecified atom stereocenters. The molecule has 0 aliphatic heterocycles. The minimum Gasteiger partial charge on any atom is -0.465 e. The Kier molecular flexibility index (Phi) is 4.06. The Hall–Kier alpha value is -2.02. The topological polar surface area (TPSA) is 74.1 Å². The minimum absolute atomic E-state index is 0.186. The molecule has 19 heavy (non-hydrogen) atoms.